The molecule has 0 heterocycles. The Hall–Kier alpha value is -2.16. The Morgan fingerprint density at radius 3 is 2.62 bits per heavy atom. The van der Waals surface area contributed by atoms with Crippen LogP contribution in [0.4, 0.5) is 5.69 Å². The van der Waals surface area contributed by atoms with E-state index in [9.17, 15) is 0 Å². The fraction of sp³-hybridized carbons (Fsp3) is 0.333. The van der Waals surface area contributed by atoms with Crippen LogP contribution in [0.5, 0.6) is 11.5 Å². The second kappa shape index (κ2) is 7.58. The van der Waals surface area contributed by atoms with E-state index < -0.39 is 0 Å². The van der Waals surface area contributed by atoms with Crippen molar-refractivity contribution in [3.63, 3.8) is 0 Å². The zero-order valence-electron chi connectivity index (χ0n) is 13.0. The maximum absolute atomic E-state index is 5.78. The van der Waals surface area contributed by atoms with Gasteiger partial charge in [-0.25, -0.2) is 0 Å². The first kappa shape index (κ1) is 15.2. The fourth-order valence-electron chi connectivity index (χ4n) is 2.27. The average Bonchev–Trinajstić information content (AvgIpc) is 2.54. The number of hydrogen-bond donors (Lipinski definition) is 1. The molecule has 3 heteroatoms. The Morgan fingerprint density at radius 2 is 1.90 bits per heavy atom. The van der Waals surface area contributed by atoms with E-state index in [1.165, 1.54) is 0 Å². The third kappa shape index (κ3) is 3.69. The summed E-state index contributed by atoms with van der Waals surface area (Å²) in [5, 5.41) is 3.16. The molecule has 0 spiro atoms. The lowest BCUT2D eigenvalue weighted by Crippen LogP contribution is -1.97. The second-order valence-corrected chi connectivity index (χ2v) is 4.87. The molecule has 0 aliphatic heterocycles. The number of rotatable bonds is 7. The van der Waals surface area contributed by atoms with Crippen molar-refractivity contribution >= 4 is 5.69 Å². The summed E-state index contributed by atoms with van der Waals surface area (Å²) in [7, 11) is 3.59. The van der Waals surface area contributed by atoms with Crippen molar-refractivity contribution in [1.82, 2.24) is 0 Å². The number of hydrogen-bond acceptors (Lipinski definition) is 3. The highest BCUT2D eigenvalue weighted by Gasteiger charge is 2.10. The highest BCUT2D eigenvalue weighted by molar-refractivity contribution is 5.78. The Bertz CT molecular complexity index is 581. The van der Waals surface area contributed by atoms with E-state index in [0.29, 0.717) is 0 Å². The van der Waals surface area contributed by atoms with Crippen LogP contribution in [-0.2, 0) is 0 Å². The van der Waals surface area contributed by atoms with Crippen molar-refractivity contribution in [3.05, 3.63) is 42.5 Å². The Kier molecular flexibility index (Phi) is 5.50. The first-order chi connectivity index (χ1) is 10.3. The van der Waals surface area contributed by atoms with Crippen molar-refractivity contribution in [2.45, 2.75) is 19.8 Å². The van der Waals surface area contributed by atoms with Crippen LogP contribution >= 0.6 is 0 Å². The first-order valence-electron chi connectivity index (χ1n) is 7.38. The summed E-state index contributed by atoms with van der Waals surface area (Å²) in [5.41, 5.74) is 3.13. The molecule has 0 aromatic heterocycles. The molecule has 0 saturated heterocycles. The third-order valence-corrected chi connectivity index (χ3v) is 3.40. The highest BCUT2D eigenvalue weighted by atomic mass is 16.5. The third-order valence-electron chi connectivity index (χ3n) is 3.40. The average molecular weight is 285 g/mol. The predicted molar refractivity (Wildman–Crippen MR) is 88.4 cm³/mol. The summed E-state index contributed by atoms with van der Waals surface area (Å²) in [4.78, 5) is 0. The number of nitrogens with one attached hydrogen (secondary N) is 1. The summed E-state index contributed by atoms with van der Waals surface area (Å²) in [5.74, 6) is 1.75. The fourth-order valence-corrected chi connectivity index (χ4v) is 2.27. The van der Waals surface area contributed by atoms with Gasteiger partial charge in [-0.05, 0) is 30.2 Å². The topological polar surface area (TPSA) is 30.5 Å². The summed E-state index contributed by atoms with van der Waals surface area (Å²) >= 11 is 0. The van der Waals surface area contributed by atoms with E-state index >= 15 is 0 Å². The molecular formula is C18H23NO2. The molecule has 2 rings (SSSR count). The smallest absolute Gasteiger partial charge is 0.149 e. The van der Waals surface area contributed by atoms with Gasteiger partial charge in [-0.3, -0.25) is 0 Å². The predicted octanol–water partition coefficient (Wildman–Crippen LogP) is 4.58. The molecule has 3 nitrogen and oxygen atoms in total. The van der Waals surface area contributed by atoms with E-state index in [1.807, 2.05) is 31.3 Å². The molecule has 0 amide bonds. The van der Waals surface area contributed by atoms with Gasteiger partial charge < -0.3 is 14.8 Å². The van der Waals surface area contributed by atoms with E-state index in [1.54, 1.807) is 7.11 Å². The van der Waals surface area contributed by atoms with Gasteiger partial charge in [-0.15, -0.1) is 0 Å². The molecule has 0 fully saturated rings. The zero-order chi connectivity index (χ0) is 15.1. The lowest BCUT2D eigenvalue weighted by atomic mass is 10.0. The molecule has 2 aromatic carbocycles. The van der Waals surface area contributed by atoms with Gasteiger partial charge in [-0.1, -0.05) is 37.6 Å². The lowest BCUT2D eigenvalue weighted by molar-refractivity contribution is 0.309. The van der Waals surface area contributed by atoms with Gasteiger partial charge in [0.25, 0.3) is 0 Å². The van der Waals surface area contributed by atoms with Crippen molar-refractivity contribution in [3.8, 4) is 22.6 Å². The molecule has 0 atom stereocenters. The van der Waals surface area contributed by atoms with Crippen molar-refractivity contribution < 1.29 is 9.47 Å². The van der Waals surface area contributed by atoms with Gasteiger partial charge in [0.2, 0.25) is 0 Å². The van der Waals surface area contributed by atoms with E-state index in [0.717, 1.165) is 47.8 Å². The number of anilines is 1. The van der Waals surface area contributed by atoms with Crippen molar-refractivity contribution in [2.75, 3.05) is 26.1 Å². The zero-order valence-corrected chi connectivity index (χ0v) is 13.0. The van der Waals surface area contributed by atoms with Crippen LogP contribution in [0.25, 0.3) is 11.1 Å². The molecule has 2 aromatic rings. The lowest BCUT2D eigenvalue weighted by Gasteiger charge is -2.14. The number of methoxy groups -OCH3 is 1. The molecule has 0 radical (unpaired) electrons. The van der Waals surface area contributed by atoms with E-state index in [4.69, 9.17) is 9.47 Å². The maximum atomic E-state index is 5.78. The molecule has 1 N–H and O–H groups in total. The second-order valence-electron chi connectivity index (χ2n) is 4.87. The minimum atomic E-state index is 0.758. The van der Waals surface area contributed by atoms with Crippen molar-refractivity contribution in [1.29, 1.82) is 0 Å². The van der Waals surface area contributed by atoms with Gasteiger partial charge in [0.15, 0.2) is 0 Å². The Morgan fingerprint density at radius 1 is 1.10 bits per heavy atom. The normalized spacial score (nSPS) is 10.2. The largest absolute Gasteiger partial charge is 0.494 e. The molecule has 0 aliphatic carbocycles. The van der Waals surface area contributed by atoms with Crippen LogP contribution in [-0.4, -0.2) is 20.8 Å². The van der Waals surface area contributed by atoms with Gasteiger partial charge in [0, 0.05) is 12.6 Å². The highest BCUT2D eigenvalue weighted by Crippen LogP contribution is 2.37. The van der Waals surface area contributed by atoms with Gasteiger partial charge in [0.1, 0.15) is 11.5 Å². The monoisotopic (exact) mass is 285 g/mol. The quantitative estimate of drug-likeness (QED) is 0.755. The van der Waals surface area contributed by atoms with Crippen LogP contribution in [0.1, 0.15) is 19.8 Å². The van der Waals surface area contributed by atoms with Gasteiger partial charge >= 0.3 is 0 Å². The number of para-hydroxylation sites is 1. The molecule has 21 heavy (non-hydrogen) atoms. The SMILES string of the molecule is CCCCOc1cccc(-c2cccc(NC)c2OC)c1. The standard InChI is InChI=1S/C18H23NO2/c1-4-5-12-21-15-9-6-8-14(13-15)16-10-7-11-17(19-2)18(16)20-3/h6-11,13,19H,4-5,12H2,1-3H3. The molecule has 0 aliphatic rings. The van der Waals surface area contributed by atoms with E-state index in [-0.39, 0.29) is 0 Å². The molecule has 0 bridgehead atoms. The number of ether oxygens (including phenoxy) is 2. The summed E-state index contributed by atoms with van der Waals surface area (Å²) in [6, 6.07) is 14.2. The molecular weight excluding hydrogens is 262 g/mol. The van der Waals surface area contributed by atoms with Crippen LogP contribution in [0.3, 0.4) is 0 Å². The minimum Gasteiger partial charge on any atom is -0.494 e. The summed E-state index contributed by atoms with van der Waals surface area (Å²) in [6.45, 7) is 2.92. The Labute approximate surface area is 126 Å². The van der Waals surface area contributed by atoms with Gasteiger partial charge in [-0.2, -0.15) is 0 Å². The maximum Gasteiger partial charge on any atom is 0.149 e. The minimum absolute atomic E-state index is 0.758. The molecule has 0 unspecified atom stereocenters. The first-order valence-corrected chi connectivity index (χ1v) is 7.38. The Balaban J connectivity index is 2.31. The molecule has 0 saturated carbocycles. The molecule has 112 valence electrons. The van der Waals surface area contributed by atoms with Gasteiger partial charge in [0.05, 0.1) is 19.4 Å². The van der Waals surface area contributed by atoms with Crippen LogP contribution in [0, 0.1) is 0 Å². The van der Waals surface area contributed by atoms with Crippen molar-refractivity contribution in [2.24, 2.45) is 0 Å². The van der Waals surface area contributed by atoms with Crippen LogP contribution in [0.2, 0.25) is 0 Å². The number of benzene rings is 2. The van der Waals surface area contributed by atoms with Crippen LogP contribution in [0.15, 0.2) is 42.5 Å². The van der Waals surface area contributed by atoms with Crippen LogP contribution < -0.4 is 14.8 Å². The summed E-state index contributed by atoms with van der Waals surface area (Å²) < 4.78 is 11.3. The number of unbranched alkanes of at least 4 members (excludes halogenated alkanes) is 1. The van der Waals surface area contributed by atoms with E-state index in [2.05, 4.69) is 30.4 Å². The summed E-state index contributed by atoms with van der Waals surface area (Å²) in [6.07, 6.45) is 2.21.